The van der Waals surface area contributed by atoms with Gasteiger partial charge in [0.2, 0.25) is 5.91 Å². The fraction of sp³-hybridized carbons (Fsp3) is 0. The molecule has 0 unspecified atom stereocenters. The molecule has 0 aromatic heterocycles. The number of halogens is 1. The van der Waals surface area contributed by atoms with Crippen LogP contribution in [-0.2, 0) is 0 Å². The van der Waals surface area contributed by atoms with Crippen molar-refractivity contribution in [3.63, 3.8) is 0 Å². The molecule has 5 heteroatoms. The summed E-state index contributed by atoms with van der Waals surface area (Å²) in [4.78, 5) is 23.1. The zero-order valence-electron chi connectivity index (χ0n) is 9.89. The SMILES string of the molecule is NC(=O)c1cccc(NC(=O)c2cccc(Br)c2)c1. The van der Waals surface area contributed by atoms with Gasteiger partial charge in [-0.2, -0.15) is 0 Å². The summed E-state index contributed by atoms with van der Waals surface area (Å²) >= 11 is 3.31. The normalized spacial score (nSPS) is 9.95. The third-order valence-electron chi connectivity index (χ3n) is 2.49. The Morgan fingerprint density at radius 3 is 2.37 bits per heavy atom. The smallest absolute Gasteiger partial charge is 0.255 e. The first-order valence-corrected chi connectivity index (χ1v) is 6.32. The van der Waals surface area contributed by atoms with Crippen molar-refractivity contribution < 1.29 is 9.59 Å². The van der Waals surface area contributed by atoms with Crippen LogP contribution >= 0.6 is 15.9 Å². The minimum absolute atomic E-state index is 0.247. The largest absolute Gasteiger partial charge is 0.366 e. The second kappa shape index (κ2) is 5.67. The van der Waals surface area contributed by atoms with Crippen LogP contribution in [0.25, 0.3) is 0 Å². The van der Waals surface area contributed by atoms with Crippen LogP contribution in [-0.4, -0.2) is 11.8 Å². The minimum Gasteiger partial charge on any atom is -0.366 e. The molecule has 0 atom stereocenters. The second-order valence-electron chi connectivity index (χ2n) is 3.91. The van der Waals surface area contributed by atoms with Crippen molar-refractivity contribution in [1.82, 2.24) is 0 Å². The Morgan fingerprint density at radius 2 is 1.68 bits per heavy atom. The molecule has 2 amide bonds. The van der Waals surface area contributed by atoms with E-state index in [0.29, 0.717) is 16.8 Å². The lowest BCUT2D eigenvalue weighted by molar-refractivity contribution is 0.0996. The molecule has 0 spiro atoms. The molecular formula is C14H11BrN2O2. The Bertz CT molecular complexity index is 641. The molecule has 4 nitrogen and oxygen atoms in total. The van der Waals surface area contributed by atoms with Crippen molar-refractivity contribution >= 4 is 33.4 Å². The van der Waals surface area contributed by atoms with Crippen LogP contribution in [0.1, 0.15) is 20.7 Å². The number of anilines is 1. The maximum absolute atomic E-state index is 12.0. The van der Waals surface area contributed by atoms with Crippen molar-refractivity contribution in [1.29, 1.82) is 0 Å². The van der Waals surface area contributed by atoms with Crippen molar-refractivity contribution in [2.75, 3.05) is 5.32 Å². The standard InChI is InChI=1S/C14H11BrN2O2/c15-11-5-1-4-10(7-11)14(19)17-12-6-2-3-9(8-12)13(16)18/h1-8H,(H2,16,18)(H,17,19). The van der Waals surface area contributed by atoms with Gasteiger partial charge in [0.1, 0.15) is 0 Å². The van der Waals surface area contributed by atoms with Gasteiger partial charge in [0, 0.05) is 21.3 Å². The Labute approximate surface area is 118 Å². The van der Waals surface area contributed by atoms with E-state index >= 15 is 0 Å². The van der Waals surface area contributed by atoms with E-state index in [1.165, 1.54) is 6.07 Å². The highest BCUT2D eigenvalue weighted by molar-refractivity contribution is 9.10. The number of hydrogen-bond donors (Lipinski definition) is 2. The molecular weight excluding hydrogens is 308 g/mol. The monoisotopic (exact) mass is 318 g/mol. The van der Waals surface area contributed by atoms with E-state index < -0.39 is 5.91 Å². The lowest BCUT2D eigenvalue weighted by Gasteiger charge is -2.06. The third kappa shape index (κ3) is 3.42. The molecule has 96 valence electrons. The Morgan fingerprint density at radius 1 is 1.00 bits per heavy atom. The third-order valence-corrected chi connectivity index (χ3v) is 2.99. The lowest BCUT2D eigenvalue weighted by atomic mass is 10.1. The molecule has 0 fully saturated rings. The zero-order valence-corrected chi connectivity index (χ0v) is 11.5. The van der Waals surface area contributed by atoms with Crippen molar-refractivity contribution in [3.8, 4) is 0 Å². The number of carbonyl (C=O) groups excluding carboxylic acids is 2. The molecule has 2 rings (SSSR count). The fourth-order valence-corrected chi connectivity index (χ4v) is 1.98. The van der Waals surface area contributed by atoms with E-state index in [9.17, 15) is 9.59 Å². The van der Waals surface area contributed by atoms with Crippen LogP contribution < -0.4 is 11.1 Å². The molecule has 2 aromatic carbocycles. The molecule has 3 N–H and O–H groups in total. The van der Waals surface area contributed by atoms with Gasteiger partial charge < -0.3 is 11.1 Å². The van der Waals surface area contributed by atoms with E-state index in [-0.39, 0.29) is 5.91 Å². The molecule has 0 aliphatic rings. The van der Waals surface area contributed by atoms with Gasteiger partial charge in [0.25, 0.3) is 5.91 Å². The summed E-state index contributed by atoms with van der Waals surface area (Å²) in [6.07, 6.45) is 0. The van der Waals surface area contributed by atoms with Crippen molar-refractivity contribution in [3.05, 3.63) is 64.1 Å². The summed E-state index contributed by atoms with van der Waals surface area (Å²) in [5.41, 5.74) is 6.60. The molecule has 0 saturated heterocycles. The maximum Gasteiger partial charge on any atom is 0.255 e. The number of nitrogens with two attached hydrogens (primary N) is 1. The van der Waals surface area contributed by atoms with E-state index in [0.717, 1.165) is 4.47 Å². The second-order valence-corrected chi connectivity index (χ2v) is 4.83. The zero-order chi connectivity index (χ0) is 13.8. The van der Waals surface area contributed by atoms with Gasteiger partial charge in [0.05, 0.1) is 0 Å². The molecule has 2 aromatic rings. The van der Waals surface area contributed by atoms with Gasteiger partial charge in [-0.25, -0.2) is 0 Å². The number of carbonyl (C=O) groups is 2. The minimum atomic E-state index is -0.529. The molecule has 19 heavy (non-hydrogen) atoms. The quantitative estimate of drug-likeness (QED) is 0.913. The van der Waals surface area contributed by atoms with E-state index in [1.807, 2.05) is 6.07 Å². The molecule has 0 radical (unpaired) electrons. The highest BCUT2D eigenvalue weighted by Crippen LogP contribution is 2.15. The summed E-state index contributed by atoms with van der Waals surface area (Å²) in [5, 5.41) is 2.71. The van der Waals surface area contributed by atoms with Crippen LogP contribution in [0.15, 0.2) is 53.0 Å². The van der Waals surface area contributed by atoms with E-state index in [1.54, 1.807) is 36.4 Å². The summed E-state index contributed by atoms with van der Waals surface area (Å²) in [6.45, 7) is 0. The predicted octanol–water partition coefficient (Wildman–Crippen LogP) is 2.80. The average Bonchev–Trinajstić information content (AvgIpc) is 2.39. The number of rotatable bonds is 3. The van der Waals surface area contributed by atoms with Gasteiger partial charge in [-0.15, -0.1) is 0 Å². The Kier molecular flexibility index (Phi) is 3.97. The van der Waals surface area contributed by atoms with Crippen LogP contribution in [0.3, 0.4) is 0 Å². The Hall–Kier alpha value is -2.14. The fourth-order valence-electron chi connectivity index (χ4n) is 1.58. The predicted molar refractivity (Wildman–Crippen MR) is 77.1 cm³/mol. The number of benzene rings is 2. The summed E-state index contributed by atoms with van der Waals surface area (Å²) in [5.74, 6) is -0.776. The molecule has 0 heterocycles. The van der Waals surface area contributed by atoms with Gasteiger partial charge in [-0.3, -0.25) is 9.59 Å². The first kappa shape index (κ1) is 13.3. The van der Waals surface area contributed by atoms with Crippen molar-refractivity contribution in [2.24, 2.45) is 5.73 Å². The van der Waals surface area contributed by atoms with Gasteiger partial charge in [-0.1, -0.05) is 28.1 Å². The van der Waals surface area contributed by atoms with Gasteiger partial charge >= 0.3 is 0 Å². The molecule has 0 aliphatic carbocycles. The average molecular weight is 319 g/mol. The van der Waals surface area contributed by atoms with Gasteiger partial charge in [0.15, 0.2) is 0 Å². The topological polar surface area (TPSA) is 72.2 Å². The van der Waals surface area contributed by atoms with Crippen LogP contribution in [0.5, 0.6) is 0 Å². The van der Waals surface area contributed by atoms with E-state index in [2.05, 4.69) is 21.2 Å². The Balaban J connectivity index is 2.19. The summed E-state index contributed by atoms with van der Waals surface area (Å²) in [6, 6.07) is 13.5. The van der Waals surface area contributed by atoms with Gasteiger partial charge in [-0.05, 0) is 36.4 Å². The van der Waals surface area contributed by atoms with E-state index in [4.69, 9.17) is 5.73 Å². The summed E-state index contributed by atoms with van der Waals surface area (Å²) in [7, 11) is 0. The number of amides is 2. The van der Waals surface area contributed by atoms with Crippen molar-refractivity contribution in [2.45, 2.75) is 0 Å². The van der Waals surface area contributed by atoms with Crippen LogP contribution in [0.4, 0.5) is 5.69 Å². The maximum atomic E-state index is 12.0. The number of nitrogens with one attached hydrogen (secondary N) is 1. The number of hydrogen-bond acceptors (Lipinski definition) is 2. The van der Waals surface area contributed by atoms with Crippen LogP contribution in [0.2, 0.25) is 0 Å². The molecule has 0 bridgehead atoms. The highest BCUT2D eigenvalue weighted by Gasteiger charge is 2.07. The number of primary amides is 1. The first-order valence-electron chi connectivity index (χ1n) is 5.53. The highest BCUT2D eigenvalue weighted by atomic mass is 79.9. The first-order chi connectivity index (χ1) is 9.06. The lowest BCUT2D eigenvalue weighted by Crippen LogP contribution is -2.14. The molecule has 0 saturated carbocycles. The molecule has 0 aliphatic heterocycles. The summed E-state index contributed by atoms with van der Waals surface area (Å²) < 4.78 is 0.825. The van der Waals surface area contributed by atoms with Crippen LogP contribution in [0, 0.1) is 0 Å².